The lowest BCUT2D eigenvalue weighted by Crippen LogP contribution is -1.90. The number of benzene rings is 1. The van der Waals surface area contributed by atoms with Gasteiger partial charge in [0.05, 0.1) is 5.69 Å². The highest BCUT2D eigenvalue weighted by molar-refractivity contribution is 5.85. The molecule has 0 radical (unpaired) electrons. The number of aromatic hydroxyl groups is 1. The molecule has 0 atom stereocenters. The van der Waals surface area contributed by atoms with Gasteiger partial charge in [0.1, 0.15) is 5.82 Å². The Balaban J connectivity index is 0.00000128. The maximum Gasteiger partial charge on any atom is 0.218 e. The number of nitrogen functional groups attached to an aromatic ring is 1. The highest BCUT2D eigenvalue weighted by Gasteiger charge is 2.06. The van der Waals surface area contributed by atoms with E-state index in [0.29, 0.717) is 11.1 Å². The minimum Gasteiger partial charge on any atom is -0.493 e. The molecule has 0 aliphatic heterocycles. The monoisotopic (exact) mass is 240 g/mol. The normalized spacial score (nSPS) is 9.56. The fourth-order valence-electron chi connectivity index (χ4n) is 1.32. The lowest BCUT2D eigenvalue weighted by atomic mass is 10.1. The van der Waals surface area contributed by atoms with E-state index in [-0.39, 0.29) is 24.0 Å². The Morgan fingerprint density at radius 2 is 2.00 bits per heavy atom. The molecule has 2 rings (SSSR count). The molecule has 1 aromatic heterocycles. The van der Waals surface area contributed by atoms with E-state index in [1.54, 1.807) is 18.2 Å². The Morgan fingerprint density at radius 3 is 2.62 bits per heavy atom. The fourth-order valence-corrected chi connectivity index (χ4v) is 1.32. The summed E-state index contributed by atoms with van der Waals surface area (Å²) in [6.07, 6.45) is 1.46. The second-order valence-corrected chi connectivity index (χ2v) is 3.11. The van der Waals surface area contributed by atoms with Crippen molar-refractivity contribution in [2.75, 3.05) is 5.73 Å². The number of hydrogen-bond acceptors (Lipinski definition) is 3. The number of aromatic nitrogens is 1. The molecule has 2 aromatic rings. The van der Waals surface area contributed by atoms with Crippen LogP contribution in [-0.2, 0) is 0 Å². The number of nitrogens with zero attached hydrogens (tertiary/aromatic N) is 1. The number of anilines is 1. The van der Waals surface area contributed by atoms with Crippen molar-refractivity contribution in [1.29, 1.82) is 0 Å². The van der Waals surface area contributed by atoms with Gasteiger partial charge in [0.15, 0.2) is 0 Å². The summed E-state index contributed by atoms with van der Waals surface area (Å²) in [7, 11) is 0. The zero-order chi connectivity index (χ0) is 10.8. The molecule has 84 valence electrons. The molecule has 5 heteroatoms. The lowest BCUT2D eigenvalue weighted by Gasteiger charge is -2.04. The minimum absolute atomic E-state index is 0. The van der Waals surface area contributed by atoms with Crippen LogP contribution < -0.4 is 5.73 Å². The molecule has 0 saturated carbocycles. The van der Waals surface area contributed by atoms with Crippen LogP contribution in [0, 0.1) is 5.82 Å². The number of pyridine rings is 1. The van der Waals surface area contributed by atoms with E-state index in [9.17, 15) is 9.50 Å². The van der Waals surface area contributed by atoms with Crippen LogP contribution in [0.15, 0.2) is 36.5 Å². The van der Waals surface area contributed by atoms with Gasteiger partial charge in [-0.3, -0.25) is 0 Å². The molecule has 1 aromatic carbocycles. The third kappa shape index (κ3) is 2.23. The Kier molecular flexibility index (Phi) is 3.68. The van der Waals surface area contributed by atoms with E-state index in [0.717, 1.165) is 0 Å². The van der Waals surface area contributed by atoms with E-state index < -0.39 is 5.82 Å². The predicted molar refractivity (Wildman–Crippen MR) is 63.0 cm³/mol. The van der Waals surface area contributed by atoms with E-state index >= 15 is 0 Å². The molecule has 0 fully saturated rings. The lowest BCUT2D eigenvalue weighted by molar-refractivity contribution is 0.455. The second kappa shape index (κ2) is 4.81. The first-order valence-corrected chi connectivity index (χ1v) is 4.38. The molecule has 0 spiro atoms. The van der Waals surface area contributed by atoms with Gasteiger partial charge < -0.3 is 10.8 Å². The number of rotatable bonds is 1. The van der Waals surface area contributed by atoms with Gasteiger partial charge in [-0.1, -0.05) is 6.07 Å². The van der Waals surface area contributed by atoms with Gasteiger partial charge in [-0.25, -0.2) is 9.37 Å². The average molecular weight is 241 g/mol. The van der Waals surface area contributed by atoms with Crippen molar-refractivity contribution in [3.8, 4) is 17.0 Å². The summed E-state index contributed by atoms with van der Waals surface area (Å²) < 4.78 is 13.2. The van der Waals surface area contributed by atoms with Crippen molar-refractivity contribution >= 4 is 18.1 Å². The summed E-state index contributed by atoms with van der Waals surface area (Å²) in [6, 6.07) is 7.69. The molecule has 0 aliphatic rings. The average Bonchev–Trinajstić information content (AvgIpc) is 2.23. The number of hydrogen-bond donors (Lipinski definition) is 2. The number of halogens is 2. The third-order valence-corrected chi connectivity index (χ3v) is 2.10. The highest BCUT2D eigenvalue weighted by atomic mass is 35.5. The number of nitrogens with two attached hydrogens (primary N) is 1. The van der Waals surface area contributed by atoms with Crippen molar-refractivity contribution in [2.45, 2.75) is 0 Å². The van der Waals surface area contributed by atoms with Crippen LogP contribution in [0.1, 0.15) is 0 Å². The van der Waals surface area contributed by atoms with Crippen LogP contribution >= 0.6 is 12.4 Å². The van der Waals surface area contributed by atoms with Gasteiger partial charge >= 0.3 is 0 Å². The van der Waals surface area contributed by atoms with Gasteiger partial charge in [0, 0.05) is 11.8 Å². The highest BCUT2D eigenvalue weighted by Crippen LogP contribution is 2.28. The Hall–Kier alpha value is -1.81. The largest absolute Gasteiger partial charge is 0.493 e. The van der Waals surface area contributed by atoms with Crippen molar-refractivity contribution in [2.24, 2.45) is 0 Å². The van der Waals surface area contributed by atoms with Gasteiger partial charge in [0.25, 0.3) is 0 Å². The maximum atomic E-state index is 13.2. The molecule has 1 heterocycles. The molecular formula is C11H10ClFN2O. The first-order chi connectivity index (χ1) is 7.18. The molecule has 0 unspecified atom stereocenters. The quantitative estimate of drug-likeness (QED) is 0.754. The van der Waals surface area contributed by atoms with Crippen LogP contribution in [-0.4, -0.2) is 10.1 Å². The van der Waals surface area contributed by atoms with Crippen molar-refractivity contribution in [1.82, 2.24) is 4.98 Å². The predicted octanol–water partition coefficient (Wildman–Crippen LogP) is 2.60. The van der Waals surface area contributed by atoms with Gasteiger partial charge in [0.2, 0.25) is 5.88 Å². The zero-order valence-electron chi connectivity index (χ0n) is 8.22. The van der Waals surface area contributed by atoms with Gasteiger partial charge in [-0.15, -0.1) is 12.4 Å². The molecule has 0 aliphatic carbocycles. The van der Waals surface area contributed by atoms with Crippen LogP contribution in [0.3, 0.4) is 0 Å². The van der Waals surface area contributed by atoms with Crippen molar-refractivity contribution in [3.05, 3.63) is 42.3 Å². The summed E-state index contributed by atoms with van der Waals surface area (Å²) in [5.41, 5.74) is 6.47. The van der Waals surface area contributed by atoms with Crippen LogP contribution in [0.25, 0.3) is 11.1 Å². The Labute approximate surface area is 98.2 Å². The first-order valence-electron chi connectivity index (χ1n) is 4.38. The first kappa shape index (κ1) is 12.3. The van der Waals surface area contributed by atoms with Gasteiger partial charge in [-0.2, -0.15) is 0 Å². The Morgan fingerprint density at radius 1 is 1.25 bits per heavy atom. The molecule has 0 saturated heterocycles. The smallest absolute Gasteiger partial charge is 0.218 e. The Bertz CT molecular complexity index is 505. The molecule has 3 N–H and O–H groups in total. The minimum atomic E-state index is -0.504. The van der Waals surface area contributed by atoms with E-state index in [1.807, 2.05) is 0 Å². The fraction of sp³-hybridized carbons (Fsp3) is 0. The van der Waals surface area contributed by atoms with Crippen molar-refractivity contribution in [3.63, 3.8) is 0 Å². The molecule has 0 bridgehead atoms. The summed E-state index contributed by atoms with van der Waals surface area (Å²) in [5.74, 6) is -0.627. The summed E-state index contributed by atoms with van der Waals surface area (Å²) >= 11 is 0. The third-order valence-electron chi connectivity index (χ3n) is 2.10. The summed E-state index contributed by atoms with van der Waals surface area (Å²) in [4.78, 5) is 3.71. The van der Waals surface area contributed by atoms with Crippen LogP contribution in [0.5, 0.6) is 5.88 Å². The maximum absolute atomic E-state index is 13.2. The molecule has 16 heavy (non-hydrogen) atoms. The summed E-state index contributed by atoms with van der Waals surface area (Å²) in [6.45, 7) is 0. The molecule has 0 amide bonds. The summed E-state index contributed by atoms with van der Waals surface area (Å²) in [5, 5.41) is 9.46. The van der Waals surface area contributed by atoms with Gasteiger partial charge in [-0.05, 0) is 29.8 Å². The van der Waals surface area contributed by atoms with Crippen LogP contribution in [0.2, 0.25) is 0 Å². The molecule has 3 nitrogen and oxygen atoms in total. The topological polar surface area (TPSA) is 59.1 Å². The van der Waals surface area contributed by atoms with E-state index in [2.05, 4.69) is 4.98 Å². The standard InChI is InChI=1S/C11H9FN2O.ClH/c12-9-6-7(3-4-10(9)13)8-2-1-5-14-11(8)15;/h1-6H,13H2,(H,14,15);1H. The van der Waals surface area contributed by atoms with E-state index in [4.69, 9.17) is 5.73 Å². The zero-order valence-corrected chi connectivity index (χ0v) is 9.04. The van der Waals surface area contributed by atoms with Crippen LogP contribution in [0.4, 0.5) is 10.1 Å². The molecular weight excluding hydrogens is 231 g/mol. The second-order valence-electron chi connectivity index (χ2n) is 3.11. The SMILES string of the molecule is Cl.Nc1ccc(-c2cccnc2O)cc1F. The van der Waals surface area contributed by atoms with E-state index in [1.165, 1.54) is 18.3 Å². The van der Waals surface area contributed by atoms with Crippen molar-refractivity contribution < 1.29 is 9.50 Å².